The van der Waals surface area contributed by atoms with Crippen LogP contribution in [0.15, 0.2) is 18.2 Å². The molecule has 0 aliphatic carbocycles. The van der Waals surface area contributed by atoms with Crippen LogP contribution in [0.4, 0.5) is 10.5 Å². The Balaban J connectivity index is 2.57. The van der Waals surface area contributed by atoms with Crippen molar-refractivity contribution in [3.63, 3.8) is 0 Å². The summed E-state index contributed by atoms with van der Waals surface area (Å²) in [7, 11) is 0. The van der Waals surface area contributed by atoms with Crippen LogP contribution < -0.4 is 10.6 Å². The summed E-state index contributed by atoms with van der Waals surface area (Å²) in [6.07, 6.45) is 0. The molecule has 0 saturated heterocycles. The molecule has 5 nitrogen and oxygen atoms in total. The Hall–Kier alpha value is -1.46. The molecule has 1 unspecified atom stereocenters. The molecular weight excluding hydrogens is 303 g/mol. The fourth-order valence-corrected chi connectivity index (χ4v) is 2.14. The number of rotatable bonds is 5. The van der Waals surface area contributed by atoms with Crippen molar-refractivity contribution in [1.82, 2.24) is 5.32 Å². The number of carbonyl (C=O) groups is 2. The zero-order valence-corrected chi connectivity index (χ0v) is 12.6. The highest BCUT2D eigenvalue weighted by molar-refractivity contribution is 6.35. The first-order chi connectivity index (χ1) is 9.29. The number of anilines is 1. The number of carbonyl (C=O) groups excluding carboxylic acids is 1. The third-order valence-electron chi connectivity index (χ3n) is 2.72. The summed E-state index contributed by atoms with van der Waals surface area (Å²) < 4.78 is 0. The molecule has 1 aromatic carbocycles. The molecule has 0 radical (unpaired) electrons. The topological polar surface area (TPSA) is 78.4 Å². The molecule has 20 heavy (non-hydrogen) atoms. The highest BCUT2D eigenvalue weighted by Crippen LogP contribution is 2.22. The van der Waals surface area contributed by atoms with E-state index in [1.54, 1.807) is 32.0 Å². The Morgan fingerprint density at radius 2 is 1.75 bits per heavy atom. The van der Waals surface area contributed by atoms with Gasteiger partial charge in [0.1, 0.15) is 0 Å². The minimum Gasteiger partial charge on any atom is -0.481 e. The Bertz CT molecular complexity index is 486. The lowest BCUT2D eigenvalue weighted by Gasteiger charge is -2.17. The number of hydrogen-bond donors (Lipinski definition) is 3. The Kier molecular flexibility index (Phi) is 6.10. The number of benzene rings is 1. The SMILES string of the molecule is CC(C)C(CNC(=O)Nc1cc(Cl)cc(Cl)c1)C(=O)O. The monoisotopic (exact) mass is 318 g/mol. The van der Waals surface area contributed by atoms with Gasteiger partial charge in [-0.05, 0) is 24.1 Å². The summed E-state index contributed by atoms with van der Waals surface area (Å²) in [6, 6.07) is 4.13. The van der Waals surface area contributed by atoms with Crippen molar-refractivity contribution in [2.45, 2.75) is 13.8 Å². The lowest BCUT2D eigenvalue weighted by atomic mass is 9.96. The van der Waals surface area contributed by atoms with Crippen molar-refractivity contribution < 1.29 is 14.7 Å². The lowest BCUT2D eigenvalue weighted by Crippen LogP contribution is -2.37. The number of hydrogen-bond acceptors (Lipinski definition) is 2. The number of halogens is 2. The van der Waals surface area contributed by atoms with Gasteiger partial charge < -0.3 is 15.7 Å². The molecule has 3 N–H and O–H groups in total. The van der Waals surface area contributed by atoms with Crippen LogP contribution in [0.2, 0.25) is 10.0 Å². The minimum absolute atomic E-state index is 0.0487. The van der Waals surface area contributed by atoms with E-state index in [4.69, 9.17) is 28.3 Å². The van der Waals surface area contributed by atoms with Gasteiger partial charge in [-0.3, -0.25) is 4.79 Å². The van der Waals surface area contributed by atoms with Crippen LogP contribution in [0.5, 0.6) is 0 Å². The van der Waals surface area contributed by atoms with Crippen molar-refractivity contribution in [2.24, 2.45) is 11.8 Å². The number of aliphatic carboxylic acids is 1. The van der Waals surface area contributed by atoms with Crippen molar-refractivity contribution >= 4 is 40.9 Å². The van der Waals surface area contributed by atoms with Crippen LogP contribution in [0, 0.1) is 11.8 Å². The summed E-state index contributed by atoms with van der Waals surface area (Å²) in [5.74, 6) is -1.65. The molecular formula is C13H16Cl2N2O3. The van der Waals surface area contributed by atoms with Gasteiger partial charge in [-0.25, -0.2) is 4.79 Å². The molecule has 0 aliphatic rings. The summed E-state index contributed by atoms with van der Waals surface area (Å²) in [4.78, 5) is 22.7. The first kappa shape index (κ1) is 16.6. The Morgan fingerprint density at radius 3 is 2.20 bits per heavy atom. The largest absolute Gasteiger partial charge is 0.481 e. The van der Waals surface area contributed by atoms with Gasteiger partial charge in [0.2, 0.25) is 0 Å². The van der Waals surface area contributed by atoms with E-state index in [9.17, 15) is 9.59 Å². The van der Waals surface area contributed by atoms with E-state index in [0.717, 1.165) is 0 Å². The van der Waals surface area contributed by atoms with Crippen LogP contribution in [0.25, 0.3) is 0 Å². The number of amides is 2. The first-order valence-electron chi connectivity index (χ1n) is 6.03. The average molecular weight is 319 g/mol. The van der Waals surface area contributed by atoms with Crippen molar-refractivity contribution in [3.8, 4) is 0 Å². The van der Waals surface area contributed by atoms with Gasteiger partial charge in [0.25, 0.3) is 0 Å². The summed E-state index contributed by atoms with van der Waals surface area (Å²) in [5.41, 5.74) is 0.441. The molecule has 1 aromatic rings. The van der Waals surface area contributed by atoms with Crippen LogP contribution in [0.3, 0.4) is 0 Å². The van der Waals surface area contributed by atoms with Crippen molar-refractivity contribution in [3.05, 3.63) is 28.2 Å². The molecule has 7 heteroatoms. The lowest BCUT2D eigenvalue weighted by molar-refractivity contribution is -0.142. The maximum absolute atomic E-state index is 11.7. The van der Waals surface area contributed by atoms with Crippen molar-refractivity contribution in [1.29, 1.82) is 0 Å². The second kappa shape index (κ2) is 7.36. The predicted octanol–water partition coefficient (Wildman–Crippen LogP) is 3.47. The van der Waals surface area contributed by atoms with E-state index in [1.165, 1.54) is 0 Å². The number of carboxylic acid groups (broad SMARTS) is 1. The van der Waals surface area contributed by atoms with E-state index >= 15 is 0 Å². The molecule has 0 aliphatic heterocycles. The van der Waals surface area contributed by atoms with Gasteiger partial charge in [0, 0.05) is 22.3 Å². The number of urea groups is 1. The van der Waals surface area contributed by atoms with E-state index in [-0.39, 0.29) is 12.5 Å². The highest BCUT2D eigenvalue weighted by Gasteiger charge is 2.21. The molecule has 0 heterocycles. The fourth-order valence-electron chi connectivity index (χ4n) is 1.61. The van der Waals surface area contributed by atoms with Gasteiger partial charge >= 0.3 is 12.0 Å². The first-order valence-corrected chi connectivity index (χ1v) is 6.79. The van der Waals surface area contributed by atoms with Crippen LogP contribution >= 0.6 is 23.2 Å². The number of carboxylic acids is 1. The Morgan fingerprint density at radius 1 is 1.20 bits per heavy atom. The molecule has 110 valence electrons. The summed E-state index contributed by atoms with van der Waals surface area (Å²) in [6.45, 7) is 3.62. The van der Waals surface area contributed by atoms with Gasteiger partial charge in [-0.2, -0.15) is 0 Å². The molecule has 1 rings (SSSR count). The number of nitrogens with one attached hydrogen (secondary N) is 2. The van der Waals surface area contributed by atoms with E-state index in [1.807, 2.05) is 0 Å². The quantitative estimate of drug-likeness (QED) is 0.777. The third kappa shape index (κ3) is 5.27. The molecule has 0 aromatic heterocycles. The van der Waals surface area contributed by atoms with E-state index in [2.05, 4.69) is 10.6 Å². The van der Waals surface area contributed by atoms with Crippen LogP contribution in [-0.2, 0) is 4.79 Å². The zero-order chi connectivity index (χ0) is 15.3. The normalized spacial score (nSPS) is 12.1. The standard InChI is InChI=1S/C13H16Cl2N2O3/c1-7(2)11(12(18)19)6-16-13(20)17-10-4-8(14)3-9(15)5-10/h3-5,7,11H,6H2,1-2H3,(H,18,19)(H2,16,17,20). The third-order valence-corrected chi connectivity index (χ3v) is 3.16. The predicted molar refractivity (Wildman–Crippen MR) is 79.4 cm³/mol. The molecule has 0 fully saturated rings. The maximum Gasteiger partial charge on any atom is 0.319 e. The van der Waals surface area contributed by atoms with Crippen LogP contribution in [0.1, 0.15) is 13.8 Å². The molecule has 2 amide bonds. The highest BCUT2D eigenvalue weighted by atomic mass is 35.5. The van der Waals surface area contributed by atoms with E-state index < -0.39 is 17.9 Å². The molecule has 1 atom stereocenters. The summed E-state index contributed by atoms with van der Waals surface area (Å²) in [5, 5.41) is 14.9. The smallest absolute Gasteiger partial charge is 0.319 e. The van der Waals surface area contributed by atoms with Gasteiger partial charge in [-0.1, -0.05) is 37.0 Å². The summed E-state index contributed by atoms with van der Waals surface area (Å²) >= 11 is 11.6. The molecule has 0 spiro atoms. The minimum atomic E-state index is -0.939. The average Bonchev–Trinajstić information content (AvgIpc) is 2.26. The van der Waals surface area contributed by atoms with Gasteiger partial charge in [0.05, 0.1) is 5.92 Å². The fraction of sp³-hybridized carbons (Fsp3) is 0.385. The second-order valence-electron chi connectivity index (χ2n) is 4.68. The van der Waals surface area contributed by atoms with Crippen molar-refractivity contribution in [2.75, 3.05) is 11.9 Å². The Labute approximate surface area is 127 Å². The van der Waals surface area contributed by atoms with Gasteiger partial charge in [-0.15, -0.1) is 0 Å². The van der Waals surface area contributed by atoms with Gasteiger partial charge in [0.15, 0.2) is 0 Å². The van der Waals surface area contributed by atoms with Crippen LogP contribution in [-0.4, -0.2) is 23.7 Å². The molecule has 0 saturated carbocycles. The maximum atomic E-state index is 11.7. The zero-order valence-electron chi connectivity index (χ0n) is 11.1. The second-order valence-corrected chi connectivity index (χ2v) is 5.55. The molecule has 0 bridgehead atoms. The van der Waals surface area contributed by atoms with E-state index in [0.29, 0.717) is 15.7 Å².